The molecule has 0 N–H and O–H groups in total. The van der Waals surface area contributed by atoms with Crippen LogP contribution in [0.5, 0.6) is 0 Å². The molecule has 0 unspecified atom stereocenters. The summed E-state index contributed by atoms with van der Waals surface area (Å²) < 4.78 is 19.1. The zero-order valence-electron chi connectivity index (χ0n) is 14.5. The highest BCUT2D eigenvalue weighted by atomic mass is 32.1. The van der Waals surface area contributed by atoms with E-state index in [2.05, 4.69) is 6.07 Å². The Kier molecular flexibility index (Phi) is 5.23. The van der Waals surface area contributed by atoms with E-state index in [0.717, 1.165) is 24.0 Å². The second-order valence-electron chi connectivity index (χ2n) is 6.53. The number of likely N-dealkylation sites (N-methyl/N-ethyl adjacent to an activating group) is 1. The van der Waals surface area contributed by atoms with Crippen molar-refractivity contribution in [1.82, 2.24) is 4.90 Å². The molecule has 136 valence electrons. The number of nitrogens with zero attached hydrogens (tertiary/aromatic N) is 2. The number of hydrogen-bond acceptors (Lipinski definition) is 5. The molecule has 0 bridgehead atoms. The monoisotopic (exact) mass is 374 g/mol. The van der Waals surface area contributed by atoms with Crippen LogP contribution < -0.4 is 0 Å². The Morgan fingerprint density at radius 3 is 2.73 bits per heavy atom. The molecule has 1 amide bonds. The molecule has 1 aromatic heterocycles. The van der Waals surface area contributed by atoms with Gasteiger partial charge in [-0.05, 0) is 42.5 Å². The van der Waals surface area contributed by atoms with Gasteiger partial charge in [-0.1, -0.05) is 19.3 Å². The number of hydrogen-bond donors (Lipinski definition) is 0. The minimum absolute atomic E-state index is 0.314. The third kappa shape index (κ3) is 3.56. The maximum absolute atomic E-state index is 13.2. The fourth-order valence-electron chi connectivity index (χ4n) is 3.31. The van der Waals surface area contributed by atoms with Gasteiger partial charge in [0.05, 0.1) is 6.07 Å². The van der Waals surface area contributed by atoms with E-state index in [1.165, 1.54) is 28.4 Å². The van der Waals surface area contributed by atoms with Crippen LogP contribution in [0.3, 0.4) is 0 Å². The number of carbonyl (C=O) groups is 2. The predicted octanol–water partition coefficient (Wildman–Crippen LogP) is 3.88. The van der Waals surface area contributed by atoms with Crippen molar-refractivity contribution in [1.29, 1.82) is 5.26 Å². The van der Waals surface area contributed by atoms with Gasteiger partial charge in [0.2, 0.25) is 0 Å². The standard InChI is InChI=1S/C19H19FN2O3S/c1-22(19(12-21)7-3-2-4-8-19)17(23)11-25-18(24)16-10-13-9-14(20)5-6-15(13)26-16/h5-6,9-10H,2-4,7-8,11H2,1H3. The summed E-state index contributed by atoms with van der Waals surface area (Å²) in [4.78, 5) is 26.4. The molecule has 0 atom stereocenters. The average Bonchev–Trinajstić information content (AvgIpc) is 3.09. The van der Waals surface area contributed by atoms with Gasteiger partial charge in [0.15, 0.2) is 6.61 Å². The number of nitriles is 1. The maximum atomic E-state index is 13.2. The fraction of sp³-hybridized carbons (Fsp3) is 0.421. The van der Waals surface area contributed by atoms with Crippen molar-refractivity contribution in [3.8, 4) is 6.07 Å². The van der Waals surface area contributed by atoms with E-state index in [1.807, 2.05) is 0 Å². The zero-order chi connectivity index (χ0) is 18.7. The minimum atomic E-state index is -0.809. The van der Waals surface area contributed by atoms with Gasteiger partial charge < -0.3 is 9.64 Å². The van der Waals surface area contributed by atoms with Crippen LogP contribution in [-0.2, 0) is 9.53 Å². The Balaban J connectivity index is 1.64. The molecule has 26 heavy (non-hydrogen) atoms. The fourth-order valence-corrected chi connectivity index (χ4v) is 4.24. The van der Waals surface area contributed by atoms with Gasteiger partial charge in [-0.3, -0.25) is 4.79 Å². The van der Waals surface area contributed by atoms with Gasteiger partial charge in [-0.25, -0.2) is 9.18 Å². The zero-order valence-corrected chi connectivity index (χ0v) is 15.3. The number of benzene rings is 1. The van der Waals surface area contributed by atoms with Crippen molar-refractivity contribution in [2.24, 2.45) is 0 Å². The lowest BCUT2D eigenvalue weighted by Crippen LogP contribution is -2.51. The van der Waals surface area contributed by atoms with Crippen LogP contribution in [-0.4, -0.2) is 36.0 Å². The van der Waals surface area contributed by atoms with Crippen molar-refractivity contribution in [3.05, 3.63) is 35.0 Å². The summed E-state index contributed by atoms with van der Waals surface area (Å²) in [6.45, 7) is -0.415. The largest absolute Gasteiger partial charge is 0.451 e. The average molecular weight is 374 g/mol. The topological polar surface area (TPSA) is 70.4 Å². The molecular formula is C19H19FN2O3S. The van der Waals surface area contributed by atoms with Gasteiger partial charge in [0.1, 0.15) is 16.2 Å². The SMILES string of the molecule is CN(C(=O)COC(=O)c1cc2cc(F)ccc2s1)C1(C#N)CCCCC1. The van der Waals surface area contributed by atoms with E-state index in [9.17, 15) is 19.2 Å². The summed E-state index contributed by atoms with van der Waals surface area (Å²) in [6.07, 6.45) is 4.16. The first-order chi connectivity index (χ1) is 12.4. The molecule has 3 rings (SSSR count). The number of amides is 1. The van der Waals surface area contributed by atoms with E-state index in [-0.39, 0.29) is 5.82 Å². The van der Waals surface area contributed by atoms with Crippen LogP contribution in [0, 0.1) is 17.1 Å². The molecule has 7 heteroatoms. The number of thiophene rings is 1. The minimum Gasteiger partial charge on any atom is -0.451 e. The lowest BCUT2D eigenvalue weighted by Gasteiger charge is -2.38. The summed E-state index contributed by atoms with van der Waals surface area (Å²) in [6, 6.07) is 8.11. The number of rotatable bonds is 4. The van der Waals surface area contributed by atoms with Crippen LogP contribution in [0.1, 0.15) is 41.8 Å². The van der Waals surface area contributed by atoms with E-state index in [0.29, 0.717) is 23.1 Å². The smallest absolute Gasteiger partial charge is 0.348 e. The van der Waals surface area contributed by atoms with Crippen molar-refractivity contribution in [2.45, 2.75) is 37.6 Å². The van der Waals surface area contributed by atoms with Crippen LogP contribution in [0.15, 0.2) is 24.3 Å². The molecule has 1 fully saturated rings. The molecule has 0 spiro atoms. The Morgan fingerprint density at radius 1 is 1.31 bits per heavy atom. The summed E-state index contributed by atoms with van der Waals surface area (Å²) in [5.74, 6) is -1.39. The van der Waals surface area contributed by atoms with Gasteiger partial charge in [0.25, 0.3) is 5.91 Å². The van der Waals surface area contributed by atoms with Crippen LogP contribution in [0.2, 0.25) is 0 Å². The maximum Gasteiger partial charge on any atom is 0.348 e. The molecule has 1 aromatic carbocycles. The molecular weight excluding hydrogens is 355 g/mol. The highest BCUT2D eigenvalue weighted by molar-refractivity contribution is 7.20. The van der Waals surface area contributed by atoms with Gasteiger partial charge >= 0.3 is 5.97 Å². The molecule has 5 nitrogen and oxygen atoms in total. The normalized spacial score (nSPS) is 16.0. The Labute approximate surface area is 155 Å². The highest BCUT2D eigenvalue weighted by Crippen LogP contribution is 2.32. The first-order valence-corrected chi connectivity index (χ1v) is 9.31. The van der Waals surface area contributed by atoms with E-state index < -0.39 is 24.0 Å². The molecule has 0 aliphatic heterocycles. The Bertz CT molecular complexity index is 881. The summed E-state index contributed by atoms with van der Waals surface area (Å²) in [5, 5.41) is 10.2. The van der Waals surface area contributed by atoms with Crippen LogP contribution >= 0.6 is 11.3 Å². The first kappa shape index (κ1) is 18.3. The lowest BCUT2D eigenvalue weighted by molar-refractivity contribution is -0.138. The van der Waals surface area contributed by atoms with E-state index in [4.69, 9.17) is 4.74 Å². The molecule has 1 saturated carbocycles. The number of carbonyl (C=O) groups excluding carboxylic acids is 2. The lowest BCUT2D eigenvalue weighted by atomic mass is 9.81. The van der Waals surface area contributed by atoms with Gasteiger partial charge in [-0.15, -0.1) is 11.3 Å². The predicted molar refractivity (Wildman–Crippen MR) is 96.3 cm³/mol. The second kappa shape index (κ2) is 7.42. The number of ether oxygens (including phenoxy) is 1. The van der Waals surface area contributed by atoms with Gasteiger partial charge in [-0.2, -0.15) is 5.26 Å². The quantitative estimate of drug-likeness (QED) is 0.762. The summed E-state index contributed by atoms with van der Waals surface area (Å²) >= 11 is 1.19. The second-order valence-corrected chi connectivity index (χ2v) is 7.61. The first-order valence-electron chi connectivity index (χ1n) is 8.49. The van der Waals surface area contributed by atoms with Crippen LogP contribution in [0.4, 0.5) is 4.39 Å². The Hall–Kier alpha value is -2.46. The number of fused-ring (bicyclic) bond motifs is 1. The summed E-state index contributed by atoms with van der Waals surface area (Å²) in [7, 11) is 1.59. The number of esters is 1. The van der Waals surface area contributed by atoms with E-state index in [1.54, 1.807) is 19.2 Å². The van der Waals surface area contributed by atoms with Crippen molar-refractivity contribution in [3.63, 3.8) is 0 Å². The summed E-state index contributed by atoms with van der Waals surface area (Å²) in [5.41, 5.74) is -0.809. The Morgan fingerprint density at radius 2 is 2.04 bits per heavy atom. The molecule has 0 radical (unpaired) electrons. The van der Waals surface area contributed by atoms with Crippen molar-refractivity contribution in [2.75, 3.05) is 13.7 Å². The highest BCUT2D eigenvalue weighted by Gasteiger charge is 2.39. The molecule has 1 heterocycles. The van der Waals surface area contributed by atoms with E-state index >= 15 is 0 Å². The number of halogens is 1. The third-order valence-electron chi connectivity index (χ3n) is 4.91. The molecule has 0 saturated heterocycles. The molecule has 1 aliphatic rings. The molecule has 1 aliphatic carbocycles. The van der Waals surface area contributed by atoms with Crippen molar-refractivity contribution < 1.29 is 18.7 Å². The van der Waals surface area contributed by atoms with Gasteiger partial charge in [0, 0.05) is 11.7 Å². The third-order valence-corrected chi connectivity index (χ3v) is 6.01. The van der Waals surface area contributed by atoms with Crippen LogP contribution in [0.25, 0.3) is 10.1 Å². The molecule has 2 aromatic rings. The van der Waals surface area contributed by atoms with Crippen molar-refractivity contribution >= 4 is 33.3 Å².